The van der Waals surface area contributed by atoms with Crippen molar-refractivity contribution in [3.63, 3.8) is 0 Å². The van der Waals surface area contributed by atoms with E-state index in [2.05, 4.69) is 41.5 Å². The molecular weight excluding hydrogens is 1230 g/mol. The van der Waals surface area contributed by atoms with E-state index in [9.17, 15) is 43.2 Å². The maximum absolute atomic E-state index is 13.1. The van der Waals surface area contributed by atoms with Gasteiger partial charge in [0.05, 0.1) is 26.4 Å². The summed E-state index contributed by atoms with van der Waals surface area (Å²) in [4.78, 5) is 72.7. The molecule has 0 aliphatic carbocycles. The monoisotopic (exact) mass is 1380 g/mol. The third-order valence-corrected chi connectivity index (χ3v) is 19.4. The van der Waals surface area contributed by atoms with Crippen LogP contribution < -0.4 is 0 Å². The lowest BCUT2D eigenvalue weighted by Gasteiger charge is -2.21. The van der Waals surface area contributed by atoms with Crippen LogP contribution in [-0.2, 0) is 65.4 Å². The lowest BCUT2D eigenvalue weighted by atomic mass is 10.0. The van der Waals surface area contributed by atoms with Gasteiger partial charge in [0.1, 0.15) is 19.3 Å². The Morgan fingerprint density at radius 2 is 0.489 bits per heavy atom. The van der Waals surface area contributed by atoms with Crippen LogP contribution in [0.1, 0.15) is 388 Å². The van der Waals surface area contributed by atoms with E-state index in [0.29, 0.717) is 25.7 Å². The first kappa shape index (κ1) is 92.1. The van der Waals surface area contributed by atoms with Crippen LogP contribution in [0.5, 0.6) is 0 Å². The van der Waals surface area contributed by atoms with Crippen molar-refractivity contribution < 1.29 is 80.2 Å². The molecule has 558 valence electrons. The number of hydrogen-bond acceptors (Lipinski definition) is 15. The predicted octanol–water partition coefficient (Wildman–Crippen LogP) is 21.9. The number of esters is 4. The summed E-state index contributed by atoms with van der Waals surface area (Å²) in [5.74, 6) is -0.647. The first-order chi connectivity index (χ1) is 45.4. The topological polar surface area (TPSA) is 237 Å². The number of hydrogen-bond donors (Lipinski definition) is 3. The Balaban J connectivity index is 5.22. The molecular formula is C75H146O17P2. The lowest BCUT2D eigenvalue weighted by Crippen LogP contribution is -2.30. The fourth-order valence-electron chi connectivity index (χ4n) is 11.5. The quantitative estimate of drug-likeness (QED) is 0.0222. The van der Waals surface area contributed by atoms with Crippen molar-refractivity contribution in [1.29, 1.82) is 0 Å². The summed E-state index contributed by atoms with van der Waals surface area (Å²) in [5.41, 5.74) is 0. The second kappa shape index (κ2) is 66.9. The van der Waals surface area contributed by atoms with Crippen molar-refractivity contribution in [2.45, 2.75) is 407 Å². The van der Waals surface area contributed by atoms with Gasteiger partial charge >= 0.3 is 39.5 Å². The minimum Gasteiger partial charge on any atom is -0.462 e. The molecule has 3 N–H and O–H groups in total. The molecule has 19 heteroatoms. The zero-order valence-electron chi connectivity index (χ0n) is 61.3. The Hall–Kier alpha value is -1.94. The van der Waals surface area contributed by atoms with Gasteiger partial charge in [-0.1, -0.05) is 337 Å². The van der Waals surface area contributed by atoms with Crippen LogP contribution in [0.15, 0.2) is 0 Å². The Morgan fingerprint density at radius 3 is 0.723 bits per heavy atom. The van der Waals surface area contributed by atoms with Crippen molar-refractivity contribution in [1.82, 2.24) is 0 Å². The zero-order chi connectivity index (χ0) is 69.3. The molecule has 0 fully saturated rings. The summed E-state index contributed by atoms with van der Waals surface area (Å²) in [6.07, 6.45) is 54.1. The van der Waals surface area contributed by atoms with Crippen molar-refractivity contribution in [2.75, 3.05) is 39.6 Å². The molecule has 0 aromatic rings. The summed E-state index contributed by atoms with van der Waals surface area (Å²) < 4.78 is 68.5. The van der Waals surface area contributed by atoms with E-state index >= 15 is 0 Å². The molecule has 0 spiro atoms. The summed E-state index contributed by atoms with van der Waals surface area (Å²) in [6, 6.07) is 0. The first-order valence-electron chi connectivity index (χ1n) is 39.0. The number of ether oxygens (including phenoxy) is 4. The standard InChI is InChI=1S/C75H146O17P2/c1-7-9-11-13-15-17-19-21-22-23-24-25-26-27-29-33-42-48-54-60-75(80)91-70(63-85-72(77)57-51-45-39-34-30-31-37-43-49-55-67(3)4)65-89-93(81,82)87-61-69(76)62-88-94(83,84)90-66-71(64-86-73(78)58-52-46-40-36-35-38-44-50-56-68(5)6)92-74(79)59-53-47-41-32-28-20-18-16-14-12-10-8-2/h67-71,76H,7-66H2,1-6H3,(H,81,82)(H,83,84)/t69-,70-,71-/m1/s1. The average Bonchev–Trinajstić information content (AvgIpc) is 2.73. The molecule has 0 saturated carbocycles. The van der Waals surface area contributed by atoms with Gasteiger partial charge in [0.15, 0.2) is 12.2 Å². The van der Waals surface area contributed by atoms with Gasteiger partial charge < -0.3 is 33.8 Å². The minimum atomic E-state index is -4.96. The molecule has 0 rings (SSSR count). The van der Waals surface area contributed by atoms with Crippen LogP contribution in [-0.4, -0.2) is 96.7 Å². The van der Waals surface area contributed by atoms with Gasteiger partial charge in [-0.25, -0.2) is 9.13 Å². The molecule has 0 aromatic heterocycles. The number of aliphatic hydroxyl groups excluding tert-OH is 1. The maximum Gasteiger partial charge on any atom is 0.472 e. The molecule has 17 nitrogen and oxygen atoms in total. The second-order valence-electron chi connectivity index (χ2n) is 28.0. The van der Waals surface area contributed by atoms with Crippen LogP contribution >= 0.6 is 15.6 Å². The van der Waals surface area contributed by atoms with E-state index in [1.807, 2.05) is 0 Å². The van der Waals surface area contributed by atoms with E-state index in [-0.39, 0.29) is 25.7 Å². The molecule has 0 radical (unpaired) electrons. The zero-order valence-corrected chi connectivity index (χ0v) is 63.1. The SMILES string of the molecule is CCCCCCCCCCCCCCCCCCCCCC(=O)O[C@H](COC(=O)CCCCCCCCCCCC(C)C)COP(=O)(O)OC[C@@H](O)COP(=O)(O)OC[C@@H](COC(=O)CCCCCCCCCCC(C)C)OC(=O)CCCCCCCCCCCCCC. The van der Waals surface area contributed by atoms with Gasteiger partial charge in [-0.3, -0.25) is 37.3 Å². The van der Waals surface area contributed by atoms with Crippen LogP contribution in [0, 0.1) is 11.8 Å². The molecule has 2 unspecified atom stereocenters. The summed E-state index contributed by atoms with van der Waals surface area (Å²) in [7, 11) is -9.91. The van der Waals surface area contributed by atoms with Crippen molar-refractivity contribution in [2.24, 2.45) is 11.8 Å². The third kappa shape index (κ3) is 68.6. The second-order valence-corrected chi connectivity index (χ2v) is 30.9. The van der Waals surface area contributed by atoms with E-state index in [1.165, 1.54) is 205 Å². The molecule has 0 amide bonds. The Morgan fingerprint density at radius 1 is 0.287 bits per heavy atom. The molecule has 0 saturated heterocycles. The number of aliphatic hydroxyl groups is 1. The number of rotatable bonds is 74. The van der Waals surface area contributed by atoms with Gasteiger partial charge in [-0.2, -0.15) is 0 Å². The van der Waals surface area contributed by atoms with Gasteiger partial charge in [0.25, 0.3) is 0 Å². The molecule has 0 heterocycles. The van der Waals surface area contributed by atoms with E-state index in [1.54, 1.807) is 0 Å². The van der Waals surface area contributed by atoms with Crippen LogP contribution in [0.3, 0.4) is 0 Å². The first-order valence-corrected chi connectivity index (χ1v) is 42.0. The van der Waals surface area contributed by atoms with Crippen molar-refractivity contribution >= 4 is 39.5 Å². The van der Waals surface area contributed by atoms with E-state index < -0.39 is 97.5 Å². The fraction of sp³-hybridized carbons (Fsp3) is 0.947. The van der Waals surface area contributed by atoms with Crippen LogP contribution in [0.25, 0.3) is 0 Å². The van der Waals surface area contributed by atoms with Gasteiger partial charge in [0, 0.05) is 25.7 Å². The van der Waals surface area contributed by atoms with Gasteiger partial charge in [0.2, 0.25) is 0 Å². The molecule has 0 aromatic carbocycles. The van der Waals surface area contributed by atoms with E-state index in [4.69, 9.17) is 37.0 Å². The van der Waals surface area contributed by atoms with E-state index in [0.717, 1.165) is 102 Å². The lowest BCUT2D eigenvalue weighted by molar-refractivity contribution is -0.161. The highest BCUT2D eigenvalue weighted by Gasteiger charge is 2.30. The number of unbranched alkanes of at least 4 members (excludes halogenated alkanes) is 44. The summed E-state index contributed by atoms with van der Waals surface area (Å²) in [6.45, 7) is 9.53. The summed E-state index contributed by atoms with van der Waals surface area (Å²) in [5, 5.41) is 10.6. The summed E-state index contributed by atoms with van der Waals surface area (Å²) >= 11 is 0. The minimum absolute atomic E-state index is 0.107. The molecule has 0 bridgehead atoms. The number of carbonyl (C=O) groups excluding carboxylic acids is 4. The van der Waals surface area contributed by atoms with Crippen molar-refractivity contribution in [3.8, 4) is 0 Å². The number of phosphoric ester groups is 2. The van der Waals surface area contributed by atoms with Gasteiger partial charge in [-0.15, -0.1) is 0 Å². The predicted molar refractivity (Wildman–Crippen MR) is 381 cm³/mol. The van der Waals surface area contributed by atoms with Gasteiger partial charge in [-0.05, 0) is 37.5 Å². The average molecular weight is 1380 g/mol. The highest BCUT2D eigenvalue weighted by molar-refractivity contribution is 7.47. The largest absolute Gasteiger partial charge is 0.472 e. The molecule has 0 aliphatic rings. The Labute approximate surface area is 575 Å². The van der Waals surface area contributed by atoms with Crippen LogP contribution in [0.2, 0.25) is 0 Å². The number of carbonyl (C=O) groups is 4. The molecule has 0 aliphatic heterocycles. The smallest absolute Gasteiger partial charge is 0.462 e. The Kier molecular flexibility index (Phi) is 65.5. The molecule has 94 heavy (non-hydrogen) atoms. The molecule has 5 atom stereocenters. The number of phosphoric acid groups is 2. The Bertz CT molecular complexity index is 1820. The maximum atomic E-state index is 13.1. The highest BCUT2D eigenvalue weighted by Crippen LogP contribution is 2.45. The van der Waals surface area contributed by atoms with Crippen LogP contribution in [0.4, 0.5) is 0 Å². The fourth-order valence-corrected chi connectivity index (χ4v) is 13.1. The van der Waals surface area contributed by atoms with Crippen molar-refractivity contribution in [3.05, 3.63) is 0 Å². The normalized spacial score (nSPS) is 14.0. The highest BCUT2D eigenvalue weighted by atomic mass is 31.2. The third-order valence-electron chi connectivity index (χ3n) is 17.5.